The fourth-order valence-corrected chi connectivity index (χ4v) is 8.73. The van der Waals surface area contributed by atoms with Gasteiger partial charge in [-0.1, -0.05) is 166 Å². The van der Waals surface area contributed by atoms with E-state index in [9.17, 15) is 0 Å². The van der Waals surface area contributed by atoms with Gasteiger partial charge in [0.05, 0.1) is 0 Å². The van der Waals surface area contributed by atoms with E-state index in [0.717, 1.165) is 0 Å². The highest BCUT2D eigenvalue weighted by Crippen LogP contribution is 2.52. The molecule has 9 aromatic rings. The molecule has 0 radical (unpaired) electrons. The summed E-state index contributed by atoms with van der Waals surface area (Å²) in [6.45, 7) is 4.74. The third kappa shape index (κ3) is 4.17. The summed E-state index contributed by atoms with van der Waals surface area (Å²) in [5.74, 6) is 0. The van der Waals surface area contributed by atoms with Crippen LogP contribution in [0.15, 0.2) is 170 Å². The van der Waals surface area contributed by atoms with Crippen molar-refractivity contribution in [1.29, 1.82) is 0 Å². The van der Waals surface area contributed by atoms with E-state index in [0.29, 0.717) is 0 Å². The van der Waals surface area contributed by atoms with Crippen molar-refractivity contribution in [2.75, 3.05) is 0 Å². The average Bonchev–Trinajstić information content (AvgIpc) is 3.40. The largest absolute Gasteiger partial charge is 0.0622 e. The fraction of sp³-hybridized carbons (Fsp3) is 0.0612. The van der Waals surface area contributed by atoms with E-state index >= 15 is 0 Å². The molecule has 0 aliphatic heterocycles. The number of hydrogen-bond acceptors (Lipinski definition) is 0. The smallest absolute Gasteiger partial charge is 0.0165 e. The van der Waals surface area contributed by atoms with Gasteiger partial charge in [0.25, 0.3) is 0 Å². The molecule has 0 spiro atoms. The maximum atomic E-state index is 2.42. The molecule has 9 aromatic carbocycles. The Bertz CT molecular complexity index is 2780. The van der Waals surface area contributed by atoms with Crippen LogP contribution in [-0.4, -0.2) is 0 Å². The van der Waals surface area contributed by atoms with Crippen molar-refractivity contribution in [3.05, 3.63) is 181 Å². The van der Waals surface area contributed by atoms with Crippen LogP contribution in [0.1, 0.15) is 25.0 Å². The third-order valence-electron chi connectivity index (χ3n) is 11.0. The maximum absolute atomic E-state index is 2.42. The Morgan fingerprint density at radius 2 is 0.980 bits per heavy atom. The molecule has 0 atom stereocenters. The SMILES string of the molecule is CC1(C)c2ccccc2-c2ccc3cc(-c4ccc(-c5c6ccccc6cc6c5ccc5ccccc56)cc4-c4ccccc4)ccc3c21. The lowest BCUT2D eigenvalue weighted by molar-refractivity contribution is 0.666. The van der Waals surface area contributed by atoms with Crippen LogP contribution < -0.4 is 0 Å². The second kappa shape index (κ2) is 10.5. The molecule has 0 bridgehead atoms. The highest BCUT2D eigenvalue weighted by molar-refractivity contribution is 6.20. The van der Waals surface area contributed by atoms with Crippen molar-refractivity contribution < 1.29 is 0 Å². The van der Waals surface area contributed by atoms with E-state index in [1.54, 1.807) is 0 Å². The lowest BCUT2D eigenvalue weighted by Crippen LogP contribution is -2.15. The molecule has 0 aromatic heterocycles. The number of fused-ring (bicyclic) bond motifs is 9. The third-order valence-corrected chi connectivity index (χ3v) is 11.0. The van der Waals surface area contributed by atoms with Gasteiger partial charge in [-0.05, 0) is 117 Å². The Morgan fingerprint density at radius 1 is 0.327 bits per heavy atom. The van der Waals surface area contributed by atoms with E-state index in [-0.39, 0.29) is 5.41 Å². The van der Waals surface area contributed by atoms with Crippen LogP contribution in [-0.2, 0) is 5.41 Å². The van der Waals surface area contributed by atoms with Gasteiger partial charge >= 0.3 is 0 Å². The van der Waals surface area contributed by atoms with Crippen molar-refractivity contribution in [2.45, 2.75) is 19.3 Å². The fourth-order valence-electron chi connectivity index (χ4n) is 8.73. The van der Waals surface area contributed by atoms with Crippen molar-refractivity contribution in [3.63, 3.8) is 0 Å². The van der Waals surface area contributed by atoms with Crippen LogP contribution >= 0.6 is 0 Å². The molecule has 0 fully saturated rings. The van der Waals surface area contributed by atoms with Gasteiger partial charge in [0.1, 0.15) is 0 Å². The predicted molar refractivity (Wildman–Crippen MR) is 210 cm³/mol. The van der Waals surface area contributed by atoms with Gasteiger partial charge in [-0.2, -0.15) is 0 Å². The molecule has 230 valence electrons. The van der Waals surface area contributed by atoms with E-state index in [4.69, 9.17) is 0 Å². The predicted octanol–water partition coefficient (Wildman–Crippen LogP) is 13.6. The molecule has 0 amide bonds. The zero-order valence-corrected chi connectivity index (χ0v) is 27.7. The topological polar surface area (TPSA) is 0 Å². The average molecular weight is 623 g/mol. The summed E-state index contributed by atoms with van der Waals surface area (Å²) in [6, 6.07) is 63.2. The van der Waals surface area contributed by atoms with Gasteiger partial charge in [0.15, 0.2) is 0 Å². The first kappa shape index (κ1) is 28.1. The monoisotopic (exact) mass is 622 g/mol. The van der Waals surface area contributed by atoms with Gasteiger partial charge < -0.3 is 0 Å². The van der Waals surface area contributed by atoms with Crippen molar-refractivity contribution in [2.24, 2.45) is 0 Å². The van der Waals surface area contributed by atoms with Gasteiger partial charge in [0.2, 0.25) is 0 Å². The minimum absolute atomic E-state index is 0.0453. The highest BCUT2D eigenvalue weighted by Gasteiger charge is 2.36. The molecule has 1 aliphatic carbocycles. The van der Waals surface area contributed by atoms with Crippen molar-refractivity contribution in [3.8, 4) is 44.5 Å². The maximum Gasteiger partial charge on any atom is 0.0165 e. The Morgan fingerprint density at radius 3 is 1.86 bits per heavy atom. The van der Waals surface area contributed by atoms with Crippen LogP contribution in [0.5, 0.6) is 0 Å². The standard InChI is InChI=1S/C49H34/c1-49(2)46-19-11-10-18-41(46)43-27-22-35-28-34(21-25-40(35)48(43)49)38-24-23-36(30-44(38)31-12-4-3-5-13-31)47-39-17-9-7-15-33(39)29-45-37-16-8-6-14-32(37)20-26-42(45)47/h3-30H,1-2H3. The molecule has 0 saturated heterocycles. The van der Waals surface area contributed by atoms with Crippen LogP contribution in [0, 0.1) is 0 Å². The molecular weight excluding hydrogens is 589 g/mol. The number of hydrogen-bond donors (Lipinski definition) is 0. The van der Waals surface area contributed by atoms with Gasteiger partial charge in [-0.3, -0.25) is 0 Å². The van der Waals surface area contributed by atoms with Crippen LogP contribution in [0.25, 0.3) is 87.6 Å². The lowest BCUT2D eigenvalue weighted by atomic mass is 9.80. The first-order chi connectivity index (χ1) is 24.1. The lowest BCUT2D eigenvalue weighted by Gasteiger charge is -2.23. The van der Waals surface area contributed by atoms with Gasteiger partial charge in [-0.25, -0.2) is 0 Å². The first-order valence-electron chi connectivity index (χ1n) is 17.3. The van der Waals surface area contributed by atoms with Crippen LogP contribution in [0.3, 0.4) is 0 Å². The minimum atomic E-state index is -0.0453. The second-order valence-electron chi connectivity index (χ2n) is 14.1. The van der Waals surface area contributed by atoms with Crippen molar-refractivity contribution in [1.82, 2.24) is 0 Å². The normalized spacial score (nSPS) is 13.3. The zero-order valence-electron chi connectivity index (χ0n) is 27.7. The molecule has 49 heavy (non-hydrogen) atoms. The van der Waals surface area contributed by atoms with E-state index < -0.39 is 0 Å². The van der Waals surface area contributed by atoms with E-state index in [1.165, 1.54) is 98.7 Å². The molecule has 1 aliphatic rings. The summed E-state index contributed by atoms with van der Waals surface area (Å²) < 4.78 is 0. The Hall–Kier alpha value is -5.98. The van der Waals surface area contributed by atoms with Crippen molar-refractivity contribution >= 4 is 43.1 Å². The summed E-state index contributed by atoms with van der Waals surface area (Å²) >= 11 is 0. The Balaban J connectivity index is 1.20. The summed E-state index contributed by atoms with van der Waals surface area (Å²) in [7, 11) is 0. The number of rotatable bonds is 3. The Labute approximate surface area is 286 Å². The van der Waals surface area contributed by atoms with Crippen LogP contribution in [0.2, 0.25) is 0 Å². The van der Waals surface area contributed by atoms with E-state index in [1.807, 2.05) is 0 Å². The van der Waals surface area contributed by atoms with Gasteiger partial charge in [0, 0.05) is 5.41 Å². The van der Waals surface area contributed by atoms with Gasteiger partial charge in [-0.15, -0.1) is 0 Å². The molecule has 0 saturated carbocycles. The summed E-state index contributed by atoms with van der Waals surface area (Å²) in [5.41, 5.74) is 13.0. The zero-order chi connectivity index (χ0) is 32.7. The molecule has 0 heterocycles. The summed E-state index contributed by atoms with van der Waals surface area (Å²) in [4.78, 5) is 0. The number of benzene rings is 9. The molecule has 0 nitrogen and oxygen atoms in total. The summed E-state index contributed by atoms with van der Waals surface area (Å²) in [6.07, 6.45) is 0. The Kier molecular flexibility index (Phi) is 6.02. The molecular formula is C49H34. The molecule has 10 rings (SSSR count). The second-order valence-corrected chi connectivity index (χ2v) is 14.1. The van der Waals surface area contributed by atoms with Crippen LogP contribution in [0.4, 0.5) is 0 Å². The first-order valence-corrected chi connectivity index (χ1v) is 17.3. The minimum Gasteiger partial charge on any atom is -0.0622 e. The summed E-state index contributed by atoms with van der Waals surface area (Å²) in [5, 5.41) is 10.3. The molecule has 0 unspecified atom stereocenters. The quantitative estimate of drug-likeness (QED) is 0.136. The molecule has 0 N–H and O–H groups in total. The highest BCUT2D eigenvalue weighted by atomic mass is 14.4. The molecule has 0 heteroatoms. The van der Waals surface area contributed by atoms with E-state index in [2.05, 4.69) is 184 Å².